The van der Waals surface area contributed by atoms with Crippen molar-refractivity contribution < 1.29 is 66.3 Å². The maximum absolute atomic E-state index is 12.7. The van der Waals surface area contributed by atoms with Crippen molar-refractivity contribution in [2.75, 3.05) is 26.4 Å². The number of carbonyl (C=O) groups excluding carboxylic acids is 2. The molecule has 0 bridgehead atoms. The van der Waals surface area contributed by atoms with E-state index in [4.69, 9.17) is 33.0 Å². The lowest BCUT2D eigenvalue weighted by Crippen LogP contribution is -2.30. The number of rotatable bonds is 43. The molecule has 0 aliphatic carbocycles. The lowest BCUT2D eigenvalue weighted by Gasteiger charge is -2.20. The number of aliphatic hydroxyl groups excluding tert-OH is 1. The van der Waals surface area contributed by atoms with Gasteiger partial charge in [0.25, 0.3) is 0 Å². The Hall–Kier alpha value is -1.70. The Morgan fingerprint density at radius 3 is 1.74 bits per heavy atom. The molecule has 0 amide bonds. The average molecular weight is 923 g/mol. The van der Waals surface area contributed by atoms with Crippen molar-refractivity contribution in [3.63, 3.8) is 0 Å². The molecule has 1 aliphatic heterocycles. The highest BCUT2D eigenvalue weighted by atomic mass is 31.2. The molecule has 1 heterocycles. The van der Waals surface area contributed by atoms with E-state index in [2.05, 4.69) is 49.6 Å². The van der Waals surface area contributed by atoms with Crippen molar-refractivity contribution in [1.82, 2.24) is 0 Å². The fourth-order valence-corrected chi connectivity index (χ4v) is 7.83. The largest absolute Gasteiger partial charge is 0.472 e. The zero-order chi connectivity index (χ0) is 45.7. The molecule has 1 fully saturated rings. The predicted molar refractivity (Wildman–Crippen MR) is 243 cm³/mol. The van der Waals surface area contributed by atoms with Crippen molar-refractivity contribution in [3.8, 4) is 0 Å². The van der Waals surface area contributed by atoms with Crippen LogP contribution in [0.1, 0.15) is 188 Å². The number of hydrogen-bond acceptors (Lipinski definition) is 11. The van der Waals surface area contributed by atoms with E-state index in [-0.39, 0.29) is 12.8 Å². The van der Waals surface area contributed by atoms with Crippen LogP contribution in [0.3, 0.4) is 0 Å². The zero-order valence-electron chi connectivity index (χ0n) is 38.3. The van der Waals surface area contributed by atoms with Gasteiger partial charge in [-0.3, -0.25) is 23.2 Å². The molecule has 16 heteroatoms. The van der Waals surface area contributed by atoms with Crippen LogP contribution >= 0.6 is 15.6 Å². The first-order valence-corrected chi connectivity index (χ1v) is 26.7. The molecule has 0 aromatic carbocycles. The molecule has 14 nitrogen and oxygen atoms in total. The Labute approximate surface area is 373 Å². The lowest BCUT2D eigenvalue weighted by molar-refractivity contribution is -0.161. The number of esters is 2. The first kappa shape index (κ1) is 58.3. The molecule has 0 saturated carbocycles. The van der Waals surface area contributed by atoms with Gasteiger partial charge in [0.2, 0.25) is 0 Å². The molecule has 1 saturated heterocycles. The molecule has 0 aromatic heterocycles. The SMILES string of the molecule is CCCCCC1OC1C/C=C\C/C=C\C/C=C\CCCC(=O)OC[C@H](COP(=O)(O)OC[C@@H](O)COP(=O)(O)O)OC(=O)CCCCCCCCCCCCCCCCC(C)C. The summed E-state index contributed by atoms with van der Waals surface area (Å²) in [4.78, 5) is 52.8. The van der Waals surface area contributed by atoms with Gasteiger partial charge in [-0.15, -0.1) is 0 Å². The highest BCUT2D eigenvalue weighted by Crippen LogP contribution is 2.44. The van der Waals surface area contributed by atoms with Gasteiger partial charge in [-0.05, 0) is 50.9 Å². The second kappa shape index (κ2) is 37.5. The second-order valence-corrected chi connectivity index (χ2v) is 19.6. The van der Waals surface area contributed by atoms with Crippen molar-refractivity contribution in [2.24, 2.45) is 5.92 Å². The highest BCUT2D eigenvalue weighted by molar-refractivity contribution is 7.47. The molecular formula is C46H84O14P2. The predicted octanol–water partition coefficient (Wildman–Crippen LogP) is 11.3. The van der Waals surface area contributed by atoms with Gasteiger partial charge in [0, 0.05) is 12.8 Å². The molecule has 1 aliphatic rings. The number of allylic oxidation sites excluding steroid dienone is 5. The molecule has 0 aromatic rings. The normalized spacial score (nSPS) is 17.6. The van der Waals surface area contributed by atoms with Gasteiger partial charge < -0.3 is 34.0 Å². The minimum atomic E-state index is -4.87. The summed E-state index contributed by atoms with van der Waals surface area (Å²) in [6.45, 7) is 4.01. The van der Waals surface area contributed by atoms with Gasteiger partial charge in [0.1, 0.15) is 12.7 Å². The summed E-state index contributed by atoms with van der Waals surface area (Å²) < 4.78 is 53.6. The number of unbranched alkanes of at least 4 members (excludes halogenated alkanes) is 16. The topological polar surface area (TPSA) is 208 Å². The van der Waals surface area contributed by atoms with Crippen molar-refractivity contribution in [3.05, 3.63) is 36.5 Å². The van der Waals surface area contributed by atoms with Crippen LogP contribution < -0.4 is 0 Å². The van der Waals surface area contributed by atoms with E-state index in [9.17, 15) is 28.7 Å². The van der Waals surface area contributed by atoms with Crippen LogP contribution in [0.25, 0.3) is 0 Å². The molecule has 5 atom stereocenters. The number of ether oxygens (including phenoxy) is 3. The summed E-state index contributed by atoms with van der Waals surface area (Å²) in [5.74, 6) is -0.291. The average Bonchev–Trinajstić information content (AvgIpc) is 3.97. The number of hydrogen-bond donors (Lipinski definition) is 4. The molecule has 1 rings (SSSR count). The molecule has 0 radical (unpaired) electrons. The Morgan fingerprint density at radius 2 is 1.15 bits per heavy atom. The first-order valence-electron chi connectivity index (χ1n) is 23.7. The third kappa shape index (κ3) is 38.7. The van der Waals surface area contributed by atoms with Crippen LogP contribution in [0.5, 0.6) is 0 Å². The van der Waals surface area contributed by atoms with Gasteiger partial charge in [-0.25, -0.2) is 9.13 Å². The Bertz CT molecular complexity index is 1320. The van der Waals surface area contributed by atoms with Crippen LogP contribution in [0.15, 0.2) is 36.5 Å². The van der Waals surface area contributed by atoms with Crippen LogP contribution in [0.4, 0.5) is 0 Å². The van der Waals surface area contributed by atoms with Gasteiger partial charge in [-0.1, -0.05) is 166 Å². The van der Waals surface area contributed by atoms with Crippen LogP contribution in [0.2, 0.25) is 0 Å². The fraction of sp³-hybridized carbons (Fsp3) is 0.826. The quantitative estimate of drug-likeness (QED) is 0.0148. The molecule has 4 N–H and O–H groups in total. The Balaban J connectivity index is 2.35. The summed E-state index contributed by atoms with van der Waals surface area (Å²) in [6.07, 6.45) is 37.5. The third-order valence-corrected chi connectivity index (χ3v) is 11.8. The second-order valence-electron chi connectivity index (χ2n) is 16.9. The maximum atomic E-state index is 12.7. The van der Waals surface area contributed by atoms with Gasteiger partial charge in [0.05, 0.1) is 32.0 Å². The Kier molecular flexibility index (Phi) is 35.3. The van der Waals surface area contributed by atoms with Crippen molar-refractivity contribution in [2.45, 2.75) is 212 Å². The van der Waals surface area contributed by atoms with E-state index < -0.39 is 66.2 Å². The van der Waals surface area contributed by atoms with E-state index in [0.29, 0.717) is 31.5 Å². The summed E-state index contributed by atoms with van der Waals surface area (Å²) in [5, 5.41) is 9.76. The minimum Gasteiger partial charge on any atom is -0.462 e. The summed E-state index contributed by atoms with van der Waals surface area (Å²) in [6, 6.07) is 0. The van der Waals surface area contributed by atoms with Gasteiger partial charge in [0.15, 0.2) is 6.10 Å². The van der Waals surface area contributed by atoms with E-state index in [1.54, 1.807) is 0 Å². The number of phosphoric acid groups is 2. The van der Waals surface area contributed by atoms with Crippen LogP contribution in [-0.4, -0.2) is 82.6 Å². The standard InChI is InChI=1S/C46H84O14P2/c1-4-5-26-32-43-44(60-43)33-28-23-19-15-12-13-16-20-24-29-34-45(48)55-38-42(39-58-62(53,54)57-37-41(47)36-56-61(50,51)52)59-46(49)35-30-25-21-17-11-9-7-6-8-10-14-18-22-27-31-40(2)3/h12,15-16,20,23,28,40-44,47H,4-11,13-14,17-19,21-22,24-27,29-39H2,1-3H3,(H,53,54)(H2,50,51,52)/b15-12-,20-16-,28-23-/t41-,42+,43?,44?/m0/s1. The number of carbonyl (C=O) groups is 2. The van der Waals surface area contributed by atoms with E-state index in [1.807, 2.05) is 12.2 Å². The molecule has 62 heavy (non-hydrogen) atoms. The van der Waals surface area contributed by atoms with Gasteiger partial charge in [-0.2, -0.15) is 0 Å². The monoisotopic (exact) mass is 923 g/mol. The summed E-state index contributed by atoms with van der Waals surface area (Å²) >= 11 is 0. The van der Waals surface area contributed by atoms with Crippen molar-refractivity contribution >= 4 is 27.6 Å². The zero-order valence-corrected chi connectivity index (χ0v) is 40.1. The Morgan fingerprint density at radius 1 is 0.613 bits per heavy atom. The smallest absolute Gasteiger partial charge is 0.462 e. The molecular weight excluding hydrogens is 838 g/mol. The molecule has 362 valence electrons. The number of epoxide rings is 1. The first-order chi connectivity index (χ1) is 29.7. The maximum Gasteiger partial charge on any atom is 0.472 e. The lowest BCUT2D eigenvalue weighted by atomic mass is 10.0. The van der Waals surface area contributed by atoms with E-state index in [1.165, 1.54) is 96.3 Å². The fourth-order valence-electron chi connectivity index (χ4n) is 6.68. The van der Waals surface area contributed by atoms with E-state index >= 15 is 0 Å². The van der Waals surface area contributed by atoms with Crippen LogP contribution in [0, 0.1) is 5.92 Å². The molecule has 0 spiro atoms. The summed E-state index contributed by atoms with van der Waals surface area (Å²) in [7, 11) is -9.69. The summed E-state index contributed by atoms with van der Waals surface area (Å²) in [5.41, 5.74) is 0. The number of aliphatic hydroxyl groups is 1. The minimum absolute atomic E-state index is 0.117. The number of phosphoric ester groups is 2. The van der Waals surface area contributed by atoms with Crippen molar-refractivity contribution in [1.29, 1.82) is 0 Å². The highest BCUT2D eigenvalue weighted by Gasteiger charge is 2.36. The van der Waals surface area contributed by atoms with E-state index in [0.717, 1.165) is 44.4 Å². The van der Waals surface area contributed by atoms with Gasteiger partial charge >= 0.3 is 27.6 Å². The van der Waals surface area contributed by atoms with Crippen LogP contribution in [-0.2, 0) is 46.5 Å². The third-order valence-electron chi connectivity index (χ3n) is 10.4. The molecule has 3 unspecified atom stereocenters.